The maximum atomic E-state index is 11.8. The van der Waals surface area contributed by atoms with Crippen LogP contribution >= 0.6 is 12.2 Å². The number of nitrogens with one attached hydrogen (secondary N) is 3. The van der Waals surface area contributed by atoms with Crippen LogP contribution in [0.4, 0.5) is 0 Å². The summed E-state index contributed by atoms with van der Waals surface area (Å²) in [5.74, 6) is -0.175. The monoisotopic (exact) mass is 266 g/mol. The standard InChI is InChI=1S/C13H19N3OS/c1-16(2)10-6-9-14-13(18)15-12(17)11-7-4-3-5-8-11/h3-5,7-8H,6,9-10H2,1-2H3,(H2,14,15,17,18)/p+1. The summed E-state index contributed by atoms with van der Waals surface area (Å²) < 4.78 is 0. The molecule has 0 saturated heterocycles. The molecule has 0 bridgehead atoms. The molecule has 0 fully saturated rings. The first-order valence-corrected chi connectivity index (χ1v) is 6.43. The second-order valence-corrected chi connectivity index (χ2v) is 4.79. The van der Waals surface area contributed by atoms with E-state index in [4.69, 9.17) is 12.2 Å². The van der Waals surface area contributed by atoms with Crippen molar-refractivity contribution in [3.8, 4) is 0 Å². The van der Waals surface area contributed by atoms with Gasteiger partial charge < -0.3 is 10.2 Å². The van der Waals surface area contributed by atoms with Gasteiger partial charge in [-0.25, -0.2) is 0 Å². The number of hydrogen-bond acceptors (Lipinski definition) is 2. The van der Waals surface area contributed by atoms with Crippen molar-refractivity contribution in [2.45, 2.75) is 6.42 Å². The number of carbonyl (C=O) groups is 1. The minimum absolute atomic E-state index is 0.175. The van der Waals surface area contributed by atoms with Crippen molar-refractivity contribution in [2.75, 3.05) is 27.2 Å². The third-order valence-electron chi connectivity index (χ3n) is 2.40. The van der Waals surface area contributed by atoms with Gasteiger partial charge in [-0.2, -0.15) is 0 Å². The fourth-order valence-corrected chi connectivity index (χ4v) is 1.65. The van der Waals surface area contributed by atoms with E-state index in [0.29, 0.717) is 10.7 Å². The average molecular weight is 266 g/mol. The molecule has 0 aliphatic heterocycles. The van der Waals surface area contributed by atoms with Crippen LogP contribution in [0.3, 0.4) is 0 Å². The Labute approximate surface area is 113 Å². The summed E-state index contributed by atoms with van der Waals surface area (Å²) in [5.41, 5.74) is 0.611. The molecule has 1 aromatic rings. The van der Waals surface area contributed by atoms with Gasteiger partial charge in [0, 0.05) is 18.5 Å². The summed E-state index contributed by atoms with van der Waals surface area (Å²) in [6.45, 7) is 1.85. The molecule has 4 nitrogen and oxygen atoms in total. The molecule has 98 valence electrons. The largest absolute Gasteiger partial charge is 0.362 e. The van der Waals surface area contributed by atoms with Gasteiger partial charge in [0.25, 0.3) is 5.91 Å². The zero-order valence-electron chi connectivity index (χ0n) is 10.8. The van der Waals surface area contributed by atoms with Crippen molar-refractivity contribution in [2.24, 2.45) is 0 Å². The lowest BCUT2D eigenvalue weighted by Crippen LogP contribution is -3.05. The molecule has 0 spiro atoms. The van der Waals surface area contributed by atoms with Crippen LogP contribution in [0.15, 0.2) is 30.3 Å². The van der Waals surface area contributed by atoms with Crippen LogP contribution in [0, 0.1) is 0 Å². The van der Waals surface area contributed by atoms with E-state index >= 15 is 0 Å². The molecule has 0 saturated carbocycles. The van der Waals surface area contributed by atoms with E-state index in [2.05, 4.69) is 24.7 Å². The molecule has 1 aromatic carbocycles. The molecule has 0 aliphatic rings. The Hall–Kier alpha value is -1.46. The Kier molecular flexibility index (Phi) is 6.32. The van der Waals surface area contributed by atoms with E-state index in [-0.39, 0.29) is 5.91 Å². The van der Waals surface area contributed by atoms with Crippen molar-refractivity contribution in [3.05, 3.63) is 35.9 Å². The second kappa shape index (κ2) is 7.79. The maximum Gasteiger partial charge on any atom is 0.257 e. The van der Waals surface area contributed by atoms with Gasteiger partial charge >= 0.3 is 0 Å². The predicted molar refractivity (Wildman–Crippen MR) is 76.8 cm³/mol. The minimum Gasteiger partial charge on any atom is -0.362 e. The Morgan fingerprint density at radius 1 is 1.28 bits per heavy atom. The highest BCUT2D eigenvalue weighted by molar-refractivity contribution is 7.80. The van der Waals surface area contributed by atoms with E-state index in [0.717, 1.165) is 19.5 Å². The molecule has 18 heavy (non-hydrogen) atoms. The van der Waals surface area contributed by atoms with Crippen LogP contribution in [-0.4, -0.2) is 38.2 Å². The van der Waals surface area contributed by atoms with Gasteiger partial charge in [0.05, 0.1) is 20.6 Å². The van der Waals surface area contributed by atoms with Gasteiger partial charge in [-0.05, 0) is 24.4 Å². The molecule has 0 radical (unpaired) electrons. The lowest BCUT2D eigenvalue weighted by atomic mass is 10.2. The Bertz CT molecular complexity index is 392. The predicted octanol–water partition coefficient (Wildman–Crippen LogP) is -0.174. The Balaban J connectivity index is 2.26. The SMILES string of the molecule is C[NH+](C)CCCNC(=S)NC(=O)c1ccccc1. The molecule has 1 rings (SSSR count). The number of benzene rings is 1. The highest BCUT2D eigenvalue weighted by Gasteiger charge is 2.06. The quantitative estimate of drug-likeness (QED) is 0.512. The highest BCUT2D eigenvalue weighted by Crippen LogP contribution is 1.97. The number of quaternary nitrogens is 1. The van der Waals surface area contributed by atoms with Gasteiger partial charge in [-0.1, -0.05) is 18.2 Å². The Morgan fingerprint density at radius 3 is 2.56 bits per heavy atom. The third-order valence-corrected chi connectivity index (χ3v) is 2.65. The van der Waals surface area contributed by atoms with E-state index in [9.17, 15) is 4.79 Å². The van der Waals surface area contributed by atoms with E-state index in [1.54, 1.807) is 12.1 Å². The molecule has 0 atom stereocenters. The fourth-order valence-electron chi connectivity index (χ4n) is 1.45. The molecule has 3 N–H and O–H groups in total. The first-order valence-electron chi connectivity index (χ1n) is 6.03. The van der Waals surface area contributed by atoms with Gasteiger partial charge in [-0.3, -0.25) is 10.1 Å². The number of carbonyl (C=O) groups excluding carboxylic acids is 1. The van der Waals surface area contributed by atoms with Crippen LogP contribution < -0.4 is 15.5 Å². The van der Waals surface area contributed by atoms with Crippen LogP contribution in [0.1, 0.15) is 16.8 Å². The fraction of sp³-hybridized carbons (Fsp3) is 0.385. The van der Waals surface area contributed by atoms with Crippen LogP contribution in [0.5, 0.6) is 0 Å². The summed E-state index contributed by atoms with van der Waals surface area (Å²) in [6, 6.07) is 9.04. The van der Waals surface area contributed by atoms with Crippen molar-refractivity contribution in [1.29, 1.82) is 0 Å². The van der Waals surface area contributed by atoms with E-state index in [1.807, 2.05) is 18.2 Å². The number of rotatable bonds is 5. The van der Waals surface area contributed by atoms with Crippen LogP contribution in [0.2, 0.25) is 0 Å². The normalized spacial score (nSPS) is 10.2. The third kappa shape index (κ3) is 5.75. The van der Waals surface area contributed by atoms with E-state index in [1.165, 1.54) is 4.90 Å². The lowest BCUT2D eigenvalue weighted by molar-refractivity contribution is -0.858. The van der Waals surface area contributed by atoms with Gasteiger partial charge in [0.2, 0.25) is 0 Å². The highest BCUT2D eigenvalue weighted by atomic mass is 32.1. The van der Waals surface area contributed by atoms with Crippen molar-refractivity contribution < 1.29 is 9.69 Å². The lowest BCUT2D eigenvalue weighted by Gasteiger charge is -2.10. The van der Waals surface area contributed by atoms with Crippen LogP contribution in [0.25, 0.3) is 0 Å². The first kappa shape index (κ1) is 14.6. The van der Waals surface area contributed by atoms with E-state index < -0.39 is 0 Å². The molecular formula is C13H20N3OS+. The molecule has 1 amide bonds. The molecule has 5 heteroatoms. The molecule has 0 heterocycles. The second-order valence-electron chi connectivity index (χ2n) is 4.39. The molecule has 0 aromatic heterocycles. The van der Waals surface area contributed by atoms with Crippen molar-refractivity contribution in [1.82, 2.24) is 10.6 Å². The van der Waals surface area contributed by atoms with Crippen molar-refractivity contribution >= 4 is 23.2 Å². The smallest absolute Gasteiger partial charge is 0.257 e. The molecule has 0 aliphatic carbocycles. The summed E-state index contributed by atoms with van der Waals surface area (Å²) in [7, 11) is 4.21. The molecular weight excluding hydrogens is 246 g/mol. The summed E-state index contributed by atoms with van der Waals surface area (Å²) in [4.78, 5) is 13.2. The van der Waals surface area contributed by atoms with Crippen molar-refractivity contribution in [3.63, 3.8) is 0 Å². The summed E-state index contributed by atoms with van der Waals surface area (Å²) in [6.07, 6.45) is 1.02. The van der Waals surface area contributed by atoms with Gasteiger partial charge in [0.1, 0.15) is 0 Å². The topological polar surface area (TPSA) is 45.6 Å². The summed E-state index contributed by atoms with van der Waals surface area (Å²) >= 11 is 5.06. The Morgan fingerprint density at radius 2 is 1.94 bits per heavy atom. The minimum atomic E-state index is -0.175. The average Bonchev–Trinajstić information content (AvgIpc) is 2.35. The van der Waals surface area contributed by atoms with Crippen LogP contribution in [-0.2, 0) is 0 Å². The zero-order valence-corrected chi connectivity index (χ0v) is 11.6. The first-order chi connectivity index (χ1) is 8.59. The van der Waals surface area contributed by atoms with Gasteiger partial charge in [0.15, 0.2) is 5.11 Å². The number of amides is 1. The zero-order chi connectivity index (χ0) is 13.4. The van der Waals surface area contributed by atoms with Gasteiger partial charge in [-0.15, -0.1) is 0 Å². The maximum absolute atomic E-state index is 11.8. The summed E-state index contributed by atoms with van der Waals surface area (Å²) in [5, 5.41) is 6.07. The number of hydrogen-bond donors (Lipinski definition) is 3. The molecule has 0 unspecified atom stereocenters. The number of thiocarbonyl (C=S) groups is 1.